The Hall–Kier alpha value is -0.870. The maximum absolute atomic E-state index is 9.40. The molecule has 1 aromatic heterocycles. The van der Waals surface area contributed by atoms with Gasteiger partial charge in [-0.3, -0.25) is 0 Å². The maximum Gasteiger partial charge on any atom is 0.138 e. The summed E-state index contributed by atoms with van der Waals surface area (Å²) in [5, 5.41) is 13.1. The summed E-state index contributed by atoms with van der Waals surface area (Å²) in [5.74, 6) is 1.47. The Morgan fingerprint density at radius 2 is 1.94 bits per heavy atom. The zero-order valence-electron chi connectivity index (χ0n) is 11.4. The lowest BCUT2D eigenvalue weighted by Crippen LogP contribution is -2.27. The number of nitrogens with zero attached hydrogens (tertiary/aromatic N) is 2. The molecule has 1 unspecified atom stereocenters. The van der Waals surface area contributed by atoms with E-state index in [2.05, 4.69) is 29.1 Å². The SMILES string of the molecule is CC(C)CC(CO)Nc1ncnc(Cl)c1C(C)C. The molecule has 0 saturated heterocycles. The Morgan fingerprint density at radius 3 is 2.44 bits per heavy atom. The Kier molecular flexibility index (Phi) is 5.82. The van der Waals surface area contributed by atoms with E-state index in [1.165, 1.54) is 6.33 Å². The second-order valence-electron chi connectivity index (χ2n) is 5.23. The number of aliphatic hydroxyl groups is 1. The van der Waals surface area contributed by atoms with Crippen molar-refractivity contribution in [3.05, 3.63) is 17.0 Å². The van der Waals surface area contributed by atoms with Crippen LogP contribution in [0.4, 0.5) is 5.82 Å². The largest absolute Gasteiger partial charge is 0.394 e. The highest BCUT2D eigenvalue weighted by atomic mass is 35.5. The average Bonchev–Trinajstić information content (AvgIpc) is 2.27. The highest BCUT2D eigenvalue weighted by Gasteiger charge is 2.17. The molecular weight excluding hydrogens is 250 g/mol. The first-order valence-corrected chi connectivity index (χ1v) is 6.71. The molecule has 0 aliphatic carbocycles. The molecule has 2 N–H and O–H groups in total. The van der Waals surface area contributed by atoms with Gasteiger partial charge in [0.05, 0.1) is 12.6 Å². The molecule has 0 fully saturated rings. The Labute approximate surface area is 114 Å². The molecule has 1 heterocycles. The summed E-state index contributed by atoms with van der Waals surface area (Å²) in [6, 6.07) is -0.00605. The summed E-state index contributed by atoms with van der Waals surface area (Å²) in [6.07, 6.45) is 2.33. The third-order valence-corrected chi connectivity index (χ3v) is 3.03. The van der Waals surface area contributed by atoms with Crippen LogP contribution in [0.1, 0.15) is 45.6 Å². The molecule has 0 spiro atoms. The van der Waals surface area contributed by atoms with Gasteiger partial charge in [0.2, 0.25) is 0 Å². The van der Waals surface area contributed by atoms with E-state index in [9.17, 15) is 5.11 Å². The van der Waals surface area contributed by atoms with Gasteiger partial charge in [-0.25, -0.2) is 9.97 Å². The van der Waals surface area contributed by atoms with Crippen LogP contribution < -0.4 is 5.32 Å². The molecule has 18 heavy (non-hydrogen) atoms. The Balaban J connectivity index is 2.92. The van der Waals surface area contributed by atoms with Gasteiger partial charge in [0.15, 0.2) is 0 Å². The number of rotatable bonds is 6. The van der Waals surface area contributed by atoms with Gasteiger partial charge >= 0.3 is 0 Å². The average molecular weight is 272 g/mol. The van der Waals surface area contributed by atoms with Crippen molar-refractivity contribution in [2.45, 2.75) is 46.1 Å². The van der Waals surface area contributed by atoms with Gasteiger partial charge in [0.1, 0.15) is 17.3 Å². The predicted molar refractivity (Wildman–Crippen MR) is 75.1 cm³/mol. The summed E-state index contributed by atoms with van der Waals surface area (Å²) in [6.45, 7) is 8.43. The molecule has 0 aliphatic heterocycles. The van der Waals surface area contributed by atoms with Crippen molar-refractivity contribution in [2.75, 3.05) is 11.9 Å². The van der Waals surface area contributed by atoms with E-state index in [4.69, 9.17) is 11.6 Å². The minimum Gasteiger partial charge on any atom is -0.394 e. The van der Waals surface area contributed by atoms with Crippen molar-refractivity contribution in [3.63, 3.8) is 0 Å². The van der Waals surface area contributed by atoms with Crippen LogP contribution in [-0.2, 0) is 0 Å². The monoisotopic (exact) mass is 271 g/mol. The number of hydrogen-bond acceptors (Lipinski definition) is 4. The minimum absolute atomic E-state index is 0.00605. The molecule has 4 nitrogen and oxygen atoms in total. The lowest BCUT2D eigenvalue weighted by atomic mass is 10.0. The molecule has 0 saturated carbocycles. The van der Waals surface area contributed by atoms with Crippen molar-refractivity contribution < 1.29 is 5.11 Å². The van der Waals surface area contributed by atoms with Crippen molar-refractivity contribution in [2.24, 2.45) is 5.92 Å². The molecule has 0 aliphatic rings. The second-order valence-corrected chi connectivity index (χ2v) is 5.59. The summed E-state index contributed by atoms with van der Waals surface area (Å²) < 4.78 is 0. The van der Waals surface area contributed by atoms with E-state index in [0.29, 0.717) is 11.1 Å². The van der Waals surface area contributed by atoms with Crippen molar-refractivity contribution >= 4 is 17.4 Å². The van der Waals surface area contributed by atoms with Crippen LogP contribution in [0, 0.1) is 5.92 Å². The van der Waals surface area contributed by atoms with Crippen LogP contribution in [0.15, 0.2) is 6.33 Å². The summed E-state index contributed by atoms with van der Waals surface area (Å²) in [7, 11) is 0. The fraction of sp³-hybridized carbons (Fsp3) is 0.692. The number of hydrogen-bond donors (Lipinski definition) is 2. The van der Waals surface area contributed by atoms with Gasteiger partial charge in [0.25, 0.3) is 0 Å². The second kappa shape index (κ2) is 6.90. The van der Waals surface area contributed by atoms with Gasteiger partial charge in [-0.2, -0.15) is 0 Å². The van der Waals surface area contributed by atoms with Crippen molar-refractivity contribution in [3.8, 4) is 0 Å². The quantitative estimate of drug-likeness (QED) is 0.781. The highest BCUT2D eigenvalue weighted by Crippen LogP contribution is 2.28. The third kappa shape index (κ3) is 4.10. The molecule has 0 bridgehead atoms. The number of halogens is 1. The van der Waals surface area contributed by atoms with Crippen LogP contribution in [-0.4, -0.2) is 27.7 Å². The number of aliphatic hydroxyl groups excluding tert-OH is 1. The molecule has 0 radical (unpaired) electrons. The van der Waals surface area contributed by atoms with Gasteiger partial charge in [-0.05, 0) is 18.3 Å². The molecule has 0 amide bonds. The molecule has 102 valence electrons. The lowest BCUT2D eigenvalue weighted by molar-refractivity contribution is 0.259. The molecule has 5 heteroatoms. The van der Waals surface area contributed by atoms with Crippen molar-refractivity contribution in [1.82, 2.24) is 9.97 Å². The number of nitrogens with one attached hydrogen (secondary N) is 1. The first-order chi connectivity index (χ1) is 8.45. The van der Waals surface area contributed by atoms with E-state index >= 15 is 0 Å². The first-order valence-electron chi connectivity index (χ1n) is 6.33. The molecular formula is C13H22ClN3O. The van der Waals surface area contributed by atoms with Gasteiger partial charge in [0, 0.05) is 5.56 Å². The van der Waals surface area contributed by atoms with E-state index in [0.717, 1.165) is 17.8 Å². The molecule has 1 aromatic rings. The van der Waals surface area contributed by atoms with Gasteiger partial charge < -0.3 is 10.4 Å². The topological polar surface area (TPSA) is 58.0 Å². The van der Waals surface area contributed by atoms with E-state index in [-0.39, 0.29) is 18.6 Å². The summed E-state index contributed by atoms with van der Waals surface area (Å²) in [4.78, 5) is 8.24. The minimum atomic E-state index is -0.00605. The fourth-order valence-corrected chi connectivity index (χ4v) is 2.29. The van der Waals surface area contributed by atoms with Crippen LogP contribution >= 0.6 is 11.6 Å². The molecule has 1 atom stereocenters. The van der Waals surface area contributed by atoms with Gasteiger partial charge in [-0.15, -0.1) is 0 Å². The van der Waals surface area contributed by atoms with Crippen LogP contribution in [0.3, 0.4) is 0 Å². The fourth-order valence-electron chi connectivity index (χ4n) is 1.94. The van der Waals surface area contributed by atoms with E-state index in [1.807, 2.05) is 13.8 Å². The number of aromatic nitrogens is 2. The van der Waals surface area contributed by atoms with Crippen LogP contribution in [0.2, 0.25) is 5.15 Å². The molecule has 0 aromatic carbocycles. The number of anilines is 1. The maximum atomic E-state index is 9.40. The van der Waals surface area contributed by atoms with Crippen LogP contribution in [0.5, 0.6) is 0 Å². The lowest BCUT2D eigenvalue weighted by Gasteiger charge is -2.21. The van der Waals surface area contributed by atoms with Crippen LogP contribution in [0.25, 0.3) is 0 Å². The zero-order chi connectivity index (χ0) is 13.7. The van der Waals surface area contributed by atoms with E-state index < -0.39 is 0 Å². The highest BCUT2D eigenvalue weighted by molar-refractivity contribution is 6.30. The smallest absolute Gasteiger partial charge is 0.138 e. The van der Waals surface area contributed by atoms with E-state index in [1.54, 1.807) is 0 Å². The van der Waals surface area contributed by atoms with Crippen molar-refractivity contribution in [1.29, 1.82) is 0 Å². The van der Waals surface area contributed by atoms with Gasteiger partial charge in [-0.1, -0.05) is 39.3 Å². The molecule has 1 rings (SSSR count). The first kappa shape index (κ1) is 15.2. The predicted octanol–water partition coefficient (Wildman–Crippen LogP) is 3.07. The summed E-state index contributed by atoms with van der Waals surface area (Å²) >= 11 is 6.10. The normalized spacial score (nSPS) is 13.1. The standard InChI is InChI=1S/C13H22ClN3O/c1-8(2)5-10(6-18)17-13-11(9(3)4)12(14)15-7-16-13/h7-10,18H,5-6H2,1-4H3,(H,15,16,17). The Morgan fingerprint density at radius 1 is 1.28 bits per heavy atom. The Bertz CT molecular complexity index is 382. The summed E-state index contributed by atoms with van der Waals surface area (Å²) in [5.41, 5.74) is 0.904. The third-order valence-electron chi connectivity index (χ3n) is 2.73. The zero-order valence-corrected chi connectivity index (χ0v) is 12.2.